The third-order valence-electron chi connectivity index (χ3n) is 3.11. The Hall–Kier alpha value is 0.0969. The molecule has 0 saturated carbocycles. The van der Waals surface area contributed by atoms with Crippen LogP contribution in [0.25, 0.3) is 0 Å². The Labute approximate surface area is 104 Å². The standard InChI is InChI=1S/C12H29NO2Si/c1-6-11(13(7-2)8-3)12(16,14-9-4)15-10-5/h11H,6-10H2,1-5,16H3. The van der Waals surface area contributed by atoms with Gasteiger partial charge in [0.25, 0.3) is 0 Å². The van der Waals surface area contributed by atoms with Crippen LogP contribution in [0.5, 0.6) is 0 Å². The molecular formula is C12H29NO2Si. The Balaban J connectivity index is 4.80. The summed E-state index contributed by atoms with van der Waals surface area (Å²) < 4.78 is 11.8. The van der Waals surface area contributed by atoms with Crippen LogP contribution >= 0.6 is 0 Å². The van der Waals surface area contributed by atoms with Crippen LogP contribution in [0.15, 0.2) is 0 Å². The van der Waals surface area contributed by atoms with Crippen LogP contribution in [-0.2, 0) is 9.47 Å². The van der Waals surface area contributed by atoms with Crippen molar-refractivity contribution in [2.75, 3.05) is 26.3 Å². The molecule has 0 rings (SSSR count). The van der Waals surface area contributed by atoms with E-state index in [1.807, 2.05) is 13.8 Å². The first-order valence-electron chi connectivity index (χ1n) is 6.61. The average Bonchev–Trinajstić information content (AvgIpc) is 2.26. The molecule has 98 valence electrons. The van der Waals surface area contributed by atoms with E-state index in [1.54, 1.807) is 0 Å². The van der Waals surface area contributed by atoms with Crippen molar-refractivity contribution in [1.29, 1.82) is 0 Å². The highest BCUT2D eigenvalue weighted by molar-refractivity contribution is 6.14. The van der Waals surface area contributed by atoms with Crippen LogP contribution in [0.1, 0.15) is 41.0 Å². The number of likely N-dealkylation sites (N-methyl/N-ethyl adjacent to an activating group) is 1. The first-order chi connectivity index (χ1) is 7.59. The zero-order valence-corrected chi connectivity index (χ0v) is 13.9. The number of nitrogens with zero attached hydrogens (tertiary/aromatic N) is 1. The zero-order chi connectivity index (χ0) is 12.6. The maximum Gasteiger partial charge on any atom is 0.156 e. The lowest BCUT2D eigenvalue weighted by molar-refractivity contribution is -0.209. The number of ether oxygens (including phenoxy) is 2. The molecule has 0 amide bonds. The van der Waals surface area contributed by atoms with Gasteiger partial charge >= 0.3 is 0 Å². The van der Waals surface area contributed by atoms with Crippen molar-refractivity contribution in [2.45, 2.75) is 52.5 Å². The normalized spacial score (nSPS) is 14.6. The number of hydrogen-bond acceptors (Lipinski definition) is 3. The lowest BCUT2D eigenvalue weighted by atomic mass is 10.1. The van der Waals surface area contributed by atoms with Crippen molar-refractivity contribution in [3.8, 4) is 0 Å². The van der Waals surface area contributed by atoms with E-state index in [1.165, 1.54) is 0 Å². The van der Waals surface area contributed by atoms with Crippen LogP contribution in [0, 0.1) is 0 Å². The molecule has 0 aliphatic carbocycles. The van der Waals surface area contributed by atoms with Gasteiger partial charge in [0.1, 0.15) is 0 Å². The Morgan fingerprint density at radius 1 is 1.00 bits per heavy atom. The van der Waals surface area contributed by atoms with Gasteiger partial charge in [-0.3, -0.25) is 4.90 Å². The first-order valence-corrected chi connectivity index (χ1v) is 7.61. The molecule has 0 aliphatic rings. The molecule has 0 aromatic rings. The van der Waals surface area contributed by atoms with Gasteiger partial charge < -0.3 is 9.47 Å². The van der Waals surface area contributed by atoms with Crippen LogP contribution < -0.4 is 0 Å². The highest BCUT2D eigenvalue weighted by Crippen LogP contribution is 2.22. The predicted molar refractivity (Wildman–Crippen MR) is 72.9 cm³/mol. The van der Waals surface area contributed by atoms with Gasteiger partial charge in [-0.1, -0.05) is 20.8 Å². The Morgan fingerprint density at radius 2 is 1.44 bits per heavy atom. The molecule has 0 spiro atoms. The van der Waals surface area contributed by atoms with Gasteiger partial charge in [0.2, 0.25) is 0 Å². The van der Waals surface area contributed by atoms with Gasteiger partial charge in [-0.2, -0.15) is 0 Å². The minimum Gasteiger partial charge on any atom is -0.353 e. The zero-order valence-electron chi connectivity index (χ0n) is 11.9. The molecule has 3 nitrogen and oxygen atoms in total. The second-order valence-electron chi connectivity index (χ2n) is 4.03. The number of hydrogen-bond donors (Lipinski definition) is 0. The fourth-order valence-corrected chi connectivity index (χ4v) is 3.78. The second kappa shape index (κ2) is 8.23. The van der Waals surface area contributed by atoms with E-state index in [-0.39, 0.29) is 5.41 Å². The third-order valence-corrected chi connectivity index (χ3v) is 4.35. The third kappa shape index (κ3) is 4.16. The van der Waals surface area contributed by atoms with E-state index in [2.05, 4.69) is 25.7 Å². The summed E-state index contributed by atoms with van der Waals surface area (Å²) >= 11 is 0. The molecule has 0 fully saturated rings. The highest BCUT2D eigenvalue weighted by Gasteiger charge is 2.37. The van der Waals surface area contributed by atoms with Crippen molar-refractivity contribution in [2.24, 2.45) is 0 Å². The fourth-order valence-electron chi connectivity index (χ4n) is 2.43. The molecule has 0 saturated heterocycles. The Bertz CT molecular complexity index is 168. The first kappa shape index (κ1) is 16.1. The molecule has 0 heterocycles. The fraction of sp³-hybridized carbons (Fsp3) is 1.00. The molecule has 4 heteroatoms. The van der Waals surface area contributed by atoms with E-state index in [0.717, 1.165) is 43.0 Å². The van der Waals surface area contributed by atoms with Gasteiger partial charge in [0.15, 0.2) is 5.41 Å². The summed E-state index contributed by atoms with van der Waals surface area (Å²) in [6.45, 7) is 14.3. The number of rotatable bonds is 9. The molecule has 16 heavy (non-hydrogen) atoms. The molecule has 1 unspecified atom stereocenters. The van der Waals surface area contributed by atoms with Crippen molar-refractivity contribution >= 4 is 10.2 Å². The molecular weight excluding hydrogens is 218 g/mol. The van der Waals surface area contributed by atoms with Crippen LogP contribution in [0.2, 0.25) is 0 Å². The van der Waals surface area contributed by atoms with Gasteiger partial charge in [-0.05, 0) is 33.4 Å². The smallest absolute Gasteiger partial charge is 0.156 e. The van der Waals surface area contributed by atoms with E-state index < -0.39 is 0 Å². The molecule has 0 aromatic carbocycles. The van der Waals surface area contributed by atoms with Crippen LogP contribution in [0.4, 0.5) is 0 Å². The Morgan fingerprint density at radius 3 is 1.69 bits per heavy atom. The second-order valence-corrected chi connectivity index (χ2v) is 5.42. The molecule has 0 N–H and O–H groups in total. The van der Waals surface area contributed by atoms with Gasteiger partial charge in [0.05, 0.1) is 16.3 Å². The summed E-state index contributed by atoms with van der Waals surface area (Å²) in [5.41, 5.74) is -0.343. The van der Waals surface area contributed by atoms with E-state index in [0.29, 0.717) is 6.04 Å². The quantitative estimate of drug-likeness (QED) is 0.451. The highest BCUT2D eigenvalue weighted by atomic mass is 28.1. The molecule has 1 atom stereocenters. The summed E-state index contributed by atoms with van der Waals surface area (Å²) in [6.07, 6.45) is 1.07. The Kier molecular flexibility index (Phi) is 8.28. The maximum atomic E-state index is 5.91. The maximum absolute atomic E-state index is 5.91. The van der Waals surface area contributed by atoms with Gasteiger partial charge in [-0.15, -0.1) is 0 Å². The lowest BCUT2D eigenvalue weighted by Crippen LogP contribution is -2.56. The summed E-state index contributed by atoms with van der Waals surface area (Å²) in [5, 5.41) is 0. The van der Waals surface area contributed by atoms with Gasteiger partial charge in [0, 0.05) is 13.2 Å². The minimum absolute atomic E-state index is 0.343. The van der Waals surface area contributed by atoms with Crippen molar-refractivity contribution in [3.63, 3.8) is 0 Å². The van der Waals surface area contributed by atoms with Crippen LogP contribution in [0.3, 0.4) is 0 Å². The molecule has 0 radical (unpaired) electrons. The largest absolute Gasteiger partial charge is 0.353 e. The van der Waals surface area contributed by atoms with Crippen molar-refractivity contribution in [1.82, 2.24) is 4.90 Å². The van der Waals surface area contributed by atoms with Crippen molar-refractivity contribution in [3.05, 3.63) is 0 Å². The van der Waals surface area contributed by atoms with E-state index >= 15 is 0 Å². The minimum atomic E-state index is -0.343. The summed E-state index contributed by atoms with van der Waals surface area (Å²) in [7, 11) is 0.901. The average molecular weight is 247 g/mol. The molecule has 0 bridgehead atoms. The van der Waals surface area contributed by atoms with Crippen molar-refractivity contribution < 1.29 is 9.47 Å². The van der Waals surface area contributed by atoms with Crippen LogP contribution in [-0.4, -0.2) is 52.9 Å². The van der Waals surface area contributed by atoms with E-state index in [4.69, 9.17) is 9.47 Å². The van der Waals surface area contributed by atoms with Gasteiger partial charge in [-0.25, -0.2) is 0 Å². The monoisotopic (exact) mass is 247 g/mol. The summed E-state index contributed by atoms with van der Waals surface area (Å²) in [6, 6.07) is 0.383. The lowest BCUT2D eigenvalue weighted by Gasteiger charge is -2.42. The topological polar surface area (TPSA) is 21.7 Å². The summed E-state index contributed by atoms with van der Waals surface area (Å²) in [4.78, 5) is 2.44. The molecule has 0 aliphatic heterocycles. The predicted octanol–water partition coefficient (Wildman–Crippen LogP) is 1.20. The molecule has 0 aromatic heterocycles. The SMILES string of the molecule is CCOC([SiH3])(OCC)C(CC)N(CC)CC. The van der Waals surface area contributed by atoms with E-state index in [9.17, 15) is 0 Å². The summed E-state index contributed by atoms with van der Waals surface area (Å²) in [5.74, 6) is 0.